The van der Waals surface area contributed by atoms with Crippen LogP contribution in [-0.2, 0) is 4.79 Å². The zero-order chi connectivity index (χ0) is 15.0. The van der Waals surface area contributed by atoms with Gasteiger partial charge in [0.25, 0.3) is 11.8 Å². The van der Waals surface area contributed by atoms with Gasteiger partial charge < -0.3 is 19.9 Å². The third-order valence-corrected chi connectivity index (χ3v) is 2.28. The monoisotopic (exact) mass is 289 g/mol. The van der Waals surface area contributed by atoms with E-state index in [0.29, 0.717) is 18.1 Å². The van der Waals surface area contributed by atoms with Crippen molar-refractivity contribution in [1.82, 2.24) is 5.32 Å². The molecule has 0 aliphatic carbocycles. The molecule has 2 N–H and O–H groups in total. The van der Waals surface area contributed by atoms with Crippen LogP contribution in [0.5, 0.6) is 11.5 Å². The molecule has 7 heteroatoms. The number of rotatable bonds is 8. The van der Waals surface area contributed by atoms with Crippen molar-refractivity contribution in [3.05, 3.63) is 24.3 Å². The summed E-state index contributed by atoms with van der Waals surface area (Å²) in [6.45, 7) is -0.415. The molecule has 112 valence electrons. The molecule has 0 atom stereocenters. The highest BCUT2D eigenvalue weighted by molar-refractivity contribution is 5.77. The van der Waals surface area contributed by atoms with Crippen molar-refractivity contribution in [2.45, 2.75) is 12.8 Å². The van der Waals surface area contributed by atoms with Crippen LogP contribution in [-0.4, -0.2) is 43.3 Å². The van der Waals surface area contributed by atoms with Crippen LogP contribution >= 0.6 is 0 Å². The molecule has 0 aliphatic rings. The second-order valence-electron chi connectivity index (χ2n) is 3.96. The largest absolute Gasteiger partial charge is 0.490 e. The zero-order valence-corrected chi connectivity index (χ0v) is 11.1. The summed E-state index contributed by atoms with van der Waals surface area (Å²) in [6, 6.07) is 6.74. The van der Waals surface area contributed by atoms with Crippen LogP contribution < -0.4 is 14.8 Å². The van der Waals surface area contributed by atoms with Gasteiger partial charge >= 0.3 is 0 Å². The van der Waals surface area contributed by atoms with Crippen molar-refractivity contribution in [1.29, 1.82) is 0 Å². The van der Waals surface area contributed by atoms with Crippen LogP contribution in [0.4, 0.5) is 8.78 Å². The van der Waals surface area contributed by atoms with Gasteiger partial charge in [0.2, 0.25) is 0 Å². The smallest absolute Gasteiger partial charge is 0.287 e. The summed E-state index contributed by atoms with van der Waals surface area (Å²) < 4.78 is 35.9. The van der Waals surface area contributed by atoms with Crippen molar-refractivity contribution in [3.63, 3.8) is 0 Å². The topological polar surface area (TPSA) is 67.8 Å². The molecule has 0 radical (unpaired) electrons. The summed E-state index contributed by atoms with van der Waals surface area (Å²) >= 11 is 0. The lowest BCUT2D eigenvalue weighted by Gasteiger charge is -2.15. The number of aliphatic hydroxyl groups excluding tert-OH is 1. The van der Waals surface area contributed by atoms with Crippen molar-refractivity contribution < 1.29 is 28.2 Å². The van der Waals surface area contributed by atoms with Crippen LogP contribution in [0.1, 0.15) is 6.92 Å². The van der Waals surface area contributed by atoms with Crippen LogP contribution in [0.3, 0.4) is 0 Å². The maximum absolute atomic E-state index is 12.7. The van der Waals surface area contributed by atoms with Crippen molar-refractivity contribution in [2.24, 2.45) is 0 Å². The van der Waals surface area contributed by atoms with Crippen LogP contribution in [0.2, 0.25) is 0 Å². The number of benzene rings is 1. The fourth-order valence-electron chi connectivity index (χ4n) is 1.32. The molecule has 1 rings (SSSR count). The van der Waals surface area contributed by atoms with Crippen molar-refractivity contribution in [3.8, 4) is 11.5 Å². The summed E-state index contributed by atoms with van der Waals surface area (Å²) in [5.41, 5.74) is 0. The first kappa shape index (κ1) is 16.2. The first-order valence-corrected chi connectivity index (χ1v) is 6.08. The SMILES string of the molecule is CCOc1ccccc1OCC(=O)NCC(F)(F)CO. The van der Waals surface area contributed by atoms with Crippen LogP contribution in [0.15, 0.2) is 24.3 Å². The second kappa shape index (κ2) is 7.64. The molecule has 0 spiro atoms. The highest BCUT2D eigenvalue weighted by Gasteiger charge is 2.28. The van der Waals surface area contributed by atoms with Gasteiger partial charge in [-0.15, -0.1) is 0 Å². The summed E-state index contributed by atoms with van der Waals surface area (Å²) in [4.78, 5) is 11.4. The Labute approximate surface area is 115 Å². The summed E-state index contributed by atoms with van der Waals surface area (Å²) in [7, 11) is 0. The van der Waals surface area contributed by atoms with E-state index in [0.717, 1.165) is 0 Å². The van der Waals surface area contributed by atoms with Crippen LogP contribution in [0.25, 0.3) is 0 Å². The number of aliphatic hydroxyl groups is 1. The standard InChI is InChI=1S/C13H17F2NO4/c1-2-19-10-5-3-4-6-11(10)20-7-12(18)16-8-13(14,15)9-17/h3-6,17H,2,7-9H2,1H3,(H,16,18). The molecule has 5 nitrogen and oxygen atoms in total. The van der Waals surface area contributed by atoms with Gasteiger partial charge in [0.15, 0.2) is 18.1 Å². The Balaban J connectivity index is 2.45. The molecule has 1 aromatic rings. The quantitative estimate of drug-likeness (QED) is 0.755. The predicted molar refractivity (Wildman–Crippen MR) is 68.1 cm³/mol. The second-order valence-corrected chi connectivity index (χ2v) is 3.96. The van der Waals surface area contributed by atoms with Crippen molar-refractivity contribution >= 4 is 5.91 Å². The molecule has 0 saturated heterocycles. The molecule has 1 amide bonds. The lowest BCUT2D eigenvalue weighted by atomic mass is 10.3. The number of nitrogens with one attached hydrogen (secondary N) is 1. The third-order valence-electron chi connectivity index (χ3n) is 2.28. The Hall–Kier alpha value is -1.89. The van der Waals surface area contributed by atoms with Gasteiger partial charge in [0.1, 0.15) is 6.61 Å². The van der Waals surface area contributed by atoms with Gasteiger partial charge in [-0.25, -0.2) is 8.78 Å². The van der Waals surface area contributed by atoms with E-state index in [4.69, 9.17) is 14.6 Å². The van der Waals surface area contributed by atoms with E-state index < -0.39 is 31.6 Å². The lowest BCUT2D eigenvalue weighted by molar-refractivity contribution is -0.126. The normalized spacial score (nSPS) is 11.0. The minimum absolute atomic E-state index is 0.360. The summed E-state index contributed by atoms with van der Waals surface area (Å²) in [5, 5.41) is 10.3. The molecular formula is C13H17F2NO4. The molecule has 0 unspecified atom stereocenters. The number of amides is 1. The highest BCUT2D eigenvalue weighted by atomic mass is 19.3. The number of alkyl halides is 2. The van der Waals surface area contributed by atoms with Crippen LogP contribution in [0, 0.1) is 0 Å². The maximum atomic E-state index is 12.7. The average molecular weight is 289 g/mol. The van der Waals surface area contributed by atoms with Gasteiger partial charge in [-0.2, -0.15) is 0 Å². The molecule has 1 aromatic carbocycles. The molecule has 0 bridgehead atoms. The summed E-state index contributed by atoms with van der Waals surface area (Å²) in [6.07, 6.45) is 0. The molecule has 0 fully saturated rings. The zero-order valence-electron chi connectivity index (χ0n) is 11.1. The Morgan fingerprint density at radius 2 is 1.90 bits per heavy atom. The van der Waals surface area contributed by atoms with E-state index in [9.17, 15) is 13.6 Å². The number of hydrogen-bond donors (Lipinski definition) is 2. The Bertz CT molecular complexity index is 440. The molecular weight excluding hydrogens is 272 g/mol. The average Bonchev–Trinajstić information content (AvgIpc) is 2.44. The fraction of sp³-hybridized carbons (Fsp3) is 0.462. The van der Waals surface area contributed by atoms with Gasteiger partial charge in [0, 0.05) is 0 Å². The van der Waals surface area contributed by atoms with E-state index in [1.165, 1.54) is 0 Å². The first-order chi connectivity index (χ1) is 9.48. The van der Waals surface area contributed by atoms with Gasteiger partial charge in [-0.05, 0) is 19.1 Å². The molecule has 0 aliphatic heterocycles. The van der Waals surface area contributed by atoms with Gasteiger partial charge in [-0.3, -0.25) is 4.79 Å². The summed E-state index contributed by atoms with van der Waals surface area (Å²) in [5.74, 6) is -3.20. The van der Waals surface area contributed by atoms with Gasteiger partial charge in [0.05, 0.1) is 13.2 Å². The predicted octanol–water partition coefficient (Wildman–Crippen LogP) is 1.21. The van der Waals surface area contributed by atoms with Crippen molar-refractivity contribution in [2.75, 3.05) is 26.4 Å². The first-order valence-electron chi connectivity index (χ1n) is 6.08. The number of halogens is 2. The molecule has 20 heavy (non-hydrogen) atoms. The number of ether oxygens (including phenoxy) is 2. The highest BCUT2D eigenvalue weighted by Crippen LogP contribution is 2.26. The van der Waals surface area contributed by atoms with E-state index in [1.54, 1.807) is 31.2 Å². The number of carbonyl (C=O) groups is 1. The number of carbonyl (C=O) groups excluding carboxylic acids is 1. The van der Waals surface area contributed by atoms with E-state index in [-0.39, 0.29) is 0 Å². The molecule has 0 aromatic heterocycles. The van der Waals surface area contributed by atoms with Gasteiger partial charge in [-0.1, -0.05) is 12.1 Å². The Morgan fingerprint density at radius 3 is 2.45 bits per heavy atom. The number of para-hydroxylation sites is 2. The maximum Gasteiger partial charge on any atom is 0.287 e. The molecule has 0 heterocycles. The number of hydrogen-bond acceptors (Lipinski definition) is 4. The third kappa shape index (κ3) is 5.40. The van der Waals surface area contributed by atoms with E-state index in [2.05, 4.69) is 0 Å². The van der Waals surface area contributed by atoms with E-state index >= 15 is 0 Å². The lowest BCUT2D eigenvalue weighted by Crippen LogP contribution is -2.40. The minimum Gasteiger partial charge on any atom is -0.490 e. The van der Waals surface area contributed by atoms with E-state index in [1.807, 2.05) is 5.32 Å². The Morgan fingerprint density at radius 1 is 1.30 bits per heavy atom. The fourth-order valence-corrected chi connectivity index (χ4v) is 1.32. The Kier molecular flexibility index (Phi) is 6.17. The molecule has 0 saturated carbocycles. The minimum atomic E-state index is -3.33.